The summed E-state index contributed by atoms with van der Waals surface area (Å²) >= 11 is 0. The predicted octanol–water partition coefficient (Wildman–Crippen LogP) is 3.57. The van der Waals surface area contributed by atoms with Crippen LogP contribution in [0, 0.1) is 0 Å². The number of para-hydroxylation sites is 1. The van der Waals surface area contributed by atoms with Crippen LogP contribution in [-0.2, 0) is 16.6 Å². The summed E-state index contributed by atoms with van der Waals surface area (Å²) in [6.07, 6.45) is 2.81. The van der Waals surface area contributed by atoms with E-state index in [1.54, 1.807) is 4.68 Å². The fraction of sp³-hybridized carbons (Fsp3) is 0.333. The Morgan fingerprint density at radius 1 is 1.12 bits per heavy atom. The Kier molecular flexibility index (Phi) is 6.49. The van der Waals surface area contributed by atoms with Gasteiger partial charge in [0, 0.05) is 31.8 Å². The van der Waals surface area contributed by atoms with Crippen molar-refractivity contribution in [1.29, 1.82) is 0 Å². The molecule has 0 bridgehead atoms. The van der Waals surface area contributed by atoms with Gasteiger partial charge in [0.25, 0.3) is 5.91 Å². The molecule has 4 rings (SSSR count). The molecule has 166 valence electrons. The summed E-state index contributed by atoms with van der Waals surface area (Å²) in [5, 5.41) is 7.37. The van der Waals surface area contributed by atoms with Crippen LogP contribution < -0.4 is 10.1 Å². The van der Waals surface area contributed by atoms with E-state index < -0.39 is 0 Å². The third kappa shape index (κ3) is 4.96. The van der Waals surface area contributed by atoms with Gasteiger partial charge in [-0.15, -0.1) is 0 Å². The van der Waals surface area contributed by atoms with Crippen LogP contribution in [-0.4, -0.2) is 44.6 Å². The summed E-state index contributed by atoms with van der Waals surface area (Å²) in [6, 6.07) is 16.6. The van der Waals surface area contributed by atoms with Gasteiger partial charge in [0.15, 0.2) is 12.4 Å². The lowest BCUT2D eigenvalue weighted by Gasteiger charge is -2.34. The molecular weight excluding hydrogens is 406 g/mol. The van der Waals surface area contributed by atoms with Crippen LogP contribution in [0.3, 0.4) is 0 Å². The lowest BCUT2D eigenvalue weighted by Crippen LogP contribution is -2.42. The molecule has 0 unspecified atom stereocenters. The van der Waals surface area contributed by atoms with Crippen molar-refractivity contribution >= 4 is 17.5 Å². The second-order valence-corrected chi connectivity index (χ2v) is 7.88. The van der Waals surface area contributed by atoms with Crippen LogP contribution in [0.4, 0.5) is 5.69 Å². The maximum atomic E-state index is 13.0. The summed E-state index contributed by atoms with van der Waals surface area (Å²) < 4.78 is 7.43. The smallest absolute Gasteiger partial charge is 0.261 e. The zero-order valence-electron chi connectivity index (χ0n) is 18.3. The normalized spacial score (nSPS) is 15.9. The SMILES string of the molecule is CC(=O)Nc1cccc(-c2nc([C@H]3CCCCN3C(=O)COc3ccccc3)n(C)n2)c1. The quantitative estimate of drug-likeness (QED) is 0.642. The number of rotatable bonds is 6. The number of ether oxygens (including phenoxy) is 1. The van der Waals surface area contributed by atoms with Crippen LogP contribution in [0.2, 0.25) is 0 Å². The first-order chi connectivity index (χ1) is 15.5. The Morgan fingerprint density at radius 3 is 2.72 bits per heavy atom. The van der Waals surface area contributed by atoms with Gasteiger partial charge in [-0.3, -0.25) is 14.3 Å². The maximum absolute atomic E-state index is 13.0. The molecule has 32 heavy (non-hydrogen) atoms. The average molecular weight is 434 g/mol. The Bertz CT molecular complexity index is 1100. The van der Waals surface area contributed by atoms with Crippen molar-refractivity contribution in [2.75, 3.05) is 18.5 Å². The highest BCUT2D eigenvalue weighted by Gasteiger charge is 2.32. The Balaban J connectivity index is 1.53. The summed E-state index contributed by atoms with van der Waals surface area (Å²) in [4.78, 5) is 31.0. The van der Waals surface area contributed by atoms with E-state index in [4.69, 9.17) is 9.72 Å². The minimum Gasteiger partial charge on any atom is -0.484 e. The number of aromatic nitrogens is 3. The molecule has 1 aliphatic rings. The van der Waals surface area contributed by atoms with Crippen molar-refractivity contribution in [2.45, 2.75) is 32.2 Å². The van der Waals surface area contributed by atoms with Gasteiger partial charge in [-0.2, -0.15) is 5.10 Å². The van der Waals surface area contributed by atoms with E-state index in [0.29, 0.717) is 23.8 Å². The summed E-state index contributed by atoms with van der Waals surface area (Å²) in [7, 11) is 1.85. The molecule has 8 heteroatoms. The molecule has 2 aromatic carbocycles. The molecule has 1 atom stereocenters. The van der Waals surface area contributed by atoms with E-state index >= 15 is 0 Å². The number of piperidine rings is 1. The van der Waals surface area contributed by atoms with Crippen LogP contribution in [0.15, 0.2) is 54.6 Å². The van der Waals surface area contributed by atoms with Gasteiger partial charge in [0.1, 0.15) is 11.6 Å². The molecule has 2 heterocycles. The van der Waals surface area contributed by atoms with Gasteiger partial charge in [0.05, 0.1) is 6.04 Å². The number of likely N-dealkylation sites (tertiary alicyclic amines) is 1. The third-order valence-corrected chi connectivity index (χ3v) is 5.46. The van der Waals surface area contributed by atoms with Crippen molar-refractivity contribution < 1.29 is 14.3 Å². The number of nitrogens with one attached hydrogen (secondary N) is 1. The number of carbonyl (C=O) groups is 2. The second kappa shape index (κ2) is 9.64. The van der Waals surface area contributed by atoms with Gasteiger partial charge >= 0.3 is 0 Å². The fourth-order valence-electron chi connectivity index (χ4n) is 3.99. The number of hydrogen-bond acceptors (Lipinski definition) is 5. The molecule has 1 saturated heterocycles. The van der Waals surface area contributed by atoms with Crippen LogP contribution in [0.5, 0.6) is 5.75 Å². The lowest BCUT2D eigenvalue weighted by atomic mass is 10.0. The van der Waals surface area contributed by atoms with Crippen molar-refractivity contribution in [3.63, 3.8) is 0 Å². The van der Waals surface area contributed by atoms with Gasteiger partial charge < -0.3 is 15.0 Å². The summed E-state index contributed by atoms with van der Waals surface area (Å²) in [5.74, 6) is 1.79. The second-order valence-electron chi connectivity index (χ2n) is 7.88. The minimum atomic E-state index is -0.152. The Hall–Kier alpha value is -3.68. The topological polar surface area (TPSA) is 89.4 Å². The molecule has 0 radical (unpaired) electrons. The standard InChI is InChI=1S/C24H27N5O3/c1-17(30)25-19-10-8-9-18(15-19)23-26-24(28(2)27-23)21-13-6-7-14-29(21)22(31)16-32-20-11-4-3-5-12-20/h3-5,8-12,15,21H,6-7,13-14,16H2,1-2H3,(H,25,30)/t21-/m1/s1. The van der Waals surface area contributed by atoms with Crippen molar-refractivity contribution in [2.24, 2.45) is 7.05 Å². The maximum Gasteiger partial charge on any atom is 0.261 e. The monoisotopic (exact) mass is 433 g/mol. The molecule has 0 saturated carbocycles. The molecule has 1 aliphatic heterocycles. The first-order valence-corrected chi connectivity index (χ1v) is 10.8. The highest BCUT2D eigenvalue weighted by atomic mass is 16.5. The van der Waals surface area contributed by atoms with E-state index in [2.05, 4.69) is 10.4 Å². The first-order valence-electron chi connectivity index (χ1n) is 10.8. The number of benzene rings is 2. The van der Waals surface area contributed by atoms with Crippen molar-refractivity contribution in [3.8, 4) is 17.1 Å². The lowest BCUT2D eigenvalue weighted by molar-refractivity contribution is -0.137. The van der Waals surface area contributed by atoms with E-state index in [1.807, 2.05) is 66.5 Å². The van der Waals surface area contributed by atoms with Gasteiger partial charge in [-0.1, -0.05) is 30.3 Å². The highest BCUT2D eigenvalue weighted by molar-refractivity contribution is 5.89. The van der Waals surface area contributed by atoms with Crippen LogP contribution in [0.25, 0.3) is 11.4 Å². The summed E-state index contributed by atoms with van der Waals surface area (Å²) in [6.45, 7) is 2.13. The molecular formula is C24H27N5O3. The number of anilines is 1. The number of hydrogen-bond donors (Lipinski definition) is 1. The molecule has 2 amide bonds. The summed E-state index contributed by atoms with van der Waals surface area (Å²) in [5.41, 5.74) is 1.50. The average Bonchev–Trinajstić information content (AvgIpc) is 3.19. The minimum absolute atomic E-state index is 0.00994. The van der Waals surface area contributed by atoms with Crippen LogP contribution >= 0.6 is 0 Å². The zero-order valence-corrected chi connectivity index (χ0v) is 18.3. The zero-order chi connectivity index (χ0) is 22.5. The van der Waals surface area contributed by atoms with E-state index in [-0.39, 0.29) is 24.5 Å². The molecule has 0 aliphatic carbocycles. The third-order valence-electron chi connectivity index (χ3n) is 5.46. The van der Waals surface area contributed by atoms with Crippen molar-refractivity contribution in [3.05, 3.63) is 60.4 Å². The van der Waals surface area contributed by atoms with Crippen molar-refractivity contribution in [1.82, 2.24) is 19.7 Å². The number of carbonyl (C=O) groups excluding carboxylic acids is 2. The van der Waals surface area contributed by atoms with Crippen LogP contribution in [0.1, 0.15) is 38.1 Å². The molecule has 1 aromatic heterocycles. The Morgan fingerprint density at radius 2 is 1.94 bits per heavy atom. The number of aryl methyl sites for hydroxylation is 1. The number of nitrogens with zero attached hydrogens (tertiary/aromatic N) is 4. The number of amides is 2. The first kappa shape index (κ1) is 21.5. The van der Waals surface area contributed by atoms with E-state index in [9.17, 15) is 9.59 Å². The fourth-order valence-corrected chi connectivity index (χ4v) is 3.99. The molecule has 8 nitrogen and oxygen atoms in total. The molecule has 0 spiro atoms. The largest absolute Gasteiger partial charge is 0.484 e. The van der Waals surface area contributed by atoms with Gasteiger partial charge in [-0.05, 0) is 43.5 Å². The van der Waals surface area contributed by atoms with Gasteiger partial charge in [0.2, 0.25) is 5.91 Å². The van der Waals surface area contributed by atoms with Gasteiger partial charge in [-0.25, -0.2) is 4.98 Å². The van der Waals surface area contributed by atoms with E-state index in [1.165, 1.54) is 6.92 Å². The molecule has 1 fully saturated rings. The highest BCUT2D eigenvalue weighted by Crippen LogP contribution is 2.31. The Labute approximate surface area is 187 Å². The molecule has 1 N–H and O–H groups in total. The van der Waals surface area contributed by atoms with E-state index in [0.717, 1.165) is 30.7 Å². The molecule has 3 aromatic rings. The predicted molar refractivity (Wildman–Crippen MR) is 121 cm³/mol.